The van der Waals surface area contributed by atoms with E-state index in [1.807, 2.05) is 18.2 Å². The summed E-state index contributed by atoms with van der Waals surface area (Å²) in [5.41, 5.74) is 7.31. The van der Waals surface area contributed by atoms with E-state index in [1.165, 1.54) is 12.4 Å². The summed E-state index contributed by atoms with van der Waals surface area (Å²) in [4.78, 5) is 16.3. The largest absolute Gasteiger partial charge is 0.368 e. The van der Waals surface area contributed by atoms with E-state index in [4.69, 9.17) is 17.3 Å². The maximum atomic E-state index is 14.0. The fourth-order valence-electron chi connectivity index (χ4n) is 2.35. The highest BCUT2D eigenvalue weighted by molar-refractivity contribution is 6.31. The predicted octanol–water partition coefficient (Wildman–Crippen LogP) is 4.36. The molecule has 0 unspecified atom stereocenters. The van der Waals surface area contributed by atoms with Crippen molar-refractivity contribution in [3.05, 3.63) is 72.4 Å². The van der Waals surface area contributed by atoms with Crippen LogP contribution in [0.25, 0.3) is 16.5 Å². The Labute approximate surface area is 154 Å². The van der Waals surface area contributed by atoms with Gasteiger partial charge in [0.2, 0.25) is 11.9 Å². The first-order valence-electron chi connectivity index (χ1n) is 7.46. The van der Waals surface area contributed by atoms with E-state index in [9.17, 15) is 4.39 Å². The fourth-order valence-corrected chi connectivity index (χ4v) is 2.46. The smallest absolute Gasteiger partial charge is 0.232 e. The van der Waals surface area contributed by atoms with Gasteiger partial charge in [-0.3, -0.25) is 0 Å². The third kappa shape index (κ3) is 3.84. The molecule has 130 valence electrons. The summed E-state index contributed by atoms with van der Waals surface area (Å²) < 4.78 is 14.0. The molecule has 0 radical (unpaired) electrons. The predicted molar refractivity (Wildman–Crippen MR) is 102 cm³/mol. The van der Waals surface area contributed by atoms with Crippen LogP contribution in [-0.2, 0) is 0 Å². The molecule has 0 spiro atoms. The van der Waals surface area contributed by atoms with Crippen molar-refractivity contribution in [1.29, 1.82) is 0 Å². The molecule has 1 aromatic carbocycles. The molecule has 6 nitrogen and oxygen atoms in total. The highest BCUT2D eigenvalue weighted by atomic mass is 35.5. The average molecular weight is 369 g/mol. The van der Waals surface area contributed by atoms with E-state index >= 15 is 0 Å². The van der Waals surface area contributed by atoms with Gasteiger partial charge in [-0.05, 0) is 18.2 Å². The number of allylic oxidation sites excluding steroid dienone is 4. The van der Waals surface area contributed by atoms with Gasteiger partial charge in [0.1, 0.15) is 12.2 Å². The number of rotatable bonds is 5. The van der Waals surface area contributed by atoms with Crippen LogP contribution in [-0.4, -0.2) is 19.9 Å². The van der Waals surface area contributed by atoms with E-state index < -0.39 is 5.83 Å². The number of nitrogens with one attached hydrogen (secondary N) is 1. The Bertz CT molecular complexity index is 1050. The lowest BCUT2D eigenvalue weighted by Gasteiger charge is -2.12. The van der Waals surface area contributed by atoms with E-state index in [0.29, 0.717) is 16.9 Å². The van der Waals surface area contributed by atoms with Gasteiger partial charge in [-0.2, -0.15) is 4.98 Å². The number of aromatic nitrogens is 4. The second-order valence-corrected chi connectivity index (χ2v) is 5.76. The second kappa shape index (κ2) is 7.28. The first kappa shape index (κ1) is 17.5. The Balaban J connectivity index is 2.18. The van der Waals surface area contributed by atoms with Crippen molar-refractivity contribution in [2.75, 3.05) is 11.1 Å². The van der Waals surface area contributed by atoms with Crippen LogP contribution in [0.4, 0.5) is 22.0 Å². The number of pyridine rings is 1. The number of nitrogen functional groups attached to an aromatic ring is 1. The molecule has 3 aromatic rings. The third-order valence-electron chi connectivity index (χ3n) is 3.42. The van der Waals surface area contributed by atoms with Gasteiger partial charge in [-0.15, -0.1) is 0 Å². The minimum absolute atomic E-state index is 0.0808. The maximum Gasteiger partial charge on any atom is 0.232 e. The molecule has 0 saturated carbocycles. The van der Waals surface area contributed by atoms with Crippen molar-refractivity contribution in [1.82, 2.24) is 19.9 Å². The monoisotopic (exact) mass is 368 g/mol. The zero-order valence-corrected chi connectivity index (χ0v) is 14.3. The summed E-state index contributed by atoms with van der Waals surface area (Å²) >= 11 is 5.81. The van der Waals surface area contributed by atoms with Crippen LogP contribution in [0, 0.1) is 0 Å². The number of nitrogens with two attached hydrogens (primary N) is 1. The number of nitrogens with zero attached hydrogens (tertiary/aromatic N) is 4. The third-order valence-corrected chi connectivity index (χ3v) is 3.53. The van der Waals surface area contributed by atoms with Gasteiger partial charge in [0.05, 0.1) is 16.9 Å². The molecule has 0 aliphatic carbocycles. The first-order valence-corrected chi connectivity index (χ1v) is 7.84. The molecule has 2 aromatic heterocycles. The van der Waals surface area contributed by atoms with Crippen LogP contribution in [0.15, 0.2) is 66.8 Å². The topological polar surface area (TPSA) is 89.6 Å². The Morgan fingerprint density at radius 3 is 2.65 bits per heavy atom. The summed E-state index contributed by atoms with van der Waals surface area (Å²) in [7, 11) is 0. The zero-order valence-electron chi connectivity index (χ0n) is 13.6. The second-order valence-electron chi connectivity index (χ2n) is 5.27. The lowest BCUT2D eigenvalue weighted by molar-refractivity contribution is 0.677. The standard InChI is InChI=1S/C18H14ClFN6/c1-10(19)7-13(11(2)20)16-8-15(12-5-3-4-6-14(12)24-16)25-18-23-9-22-17(21)26-18/h3-9H,1-2H2,(H3,21,22,23,24,25,26)/b13-7+. The van der Waals surface area contributed by atoms with E-state index in [2.05, 4.69) is 38.4 Å². The number of anilines is 3. The average Bonchev–Trinajstić information content (AvgIpc) is 2.59. The molecule has 0 bridgehead atoms. The van der Waals surface area contributed by atoms with Gasteiger partial charge in [0.15, 0.2) is 0 Å². The molecule has 26 heavy (non-hydrogen) atoms. The summed E-state index contributed by atoms with van der Waals surface area (Å²) in [5.74, 6) is -0.339. The van der Waals surface area contributed by atoms with Crippen molar-refractivity contribution in [2.45, 2.75) is 0 Å². The molecule has 8 heteroatoms. The maximum absolute atomic E-state index is 14.0. The molecule has 0 saturated heterocycles. The van der Waals surface area contributed by atoms with Gasteiger partial charge in [0.25, 0.3) is 0 Å². The molecule has 0 aliphatic heterocycles. The first-order chi connectivity index (χ1) is 12.4. The van der Waals surface area contributed by atoms with E-state index in [-0.39, 0.29) is 22.5 Å². The van der Waals surface area contributed by atoms with Crippen LogP contribution in [0.2, 0.25) is 0 Å². The Morgan fingerprint density at radius 2 is 1.96 bits per heavy atom. The fraction of sp³-hybridized carbons (Fsp3) is 0. The van der Waals surface area contributed by atoms with Gasteiger partial charge < -0.3 is 11.1 Å². The summed E-state index contributed by atoms with van der Waals surface area (Å²) in [6, 6.07) is 9.02. The van der Waals surface area contributed by atoms with Crippen LogP contribution in [0.3, 0.4) is 0 Å². The number of hydrogen-bond donors (Lipinski definition) is 2. The molecule has 0 aliphatic rings. The lowest BCUT2D eigenvalue weighted by Crippen LogP contribution is -2.03. The number of para-hydroxylation sites is 1. The molecular formula is C18H14ClFN6. The van der Waals surface area contributed by atoms with Gasteiger partial charge in [-0.25, -0.2) is 19.3 Å². The highest BCUT2D eigenvalue weighted by Gasteiger charge is 2.13. The lowest BCUT2D eigenvalue weighted by atomic mass is 10.1. The summed E-state index contributed by atoms with van der Waals surface area (Å²) in [5, 5.41) is 4.01. The molecule has 3 N–H and O–H groups in total. The van der Waals surface area contributed by atoms with Crippen molar-refractivity contribution < 1.29 is 4.39 Å². The van der Waals surface area contributed by atoms with Gasteiger partial charge in [0, 0.05) is 16.0 Å². The van der Waals surface area contributed by atoms with Gasteiger partial charge in [-0.1, -0.05) is 43.0 Å². The molecule has 2 heterocycles. The SMILES string of the molecule is C=C(Cl)/C=C(\C(=C)F)c1cc(Nc2ncnc(N)n2)c2ccccc2n1. The van der Waals surface area contributed by atoms with Crippen LogP contribution < -0.4 is 11.1 Å². The quantitative estimate of drug-likeness (QED) is 0.650. The van der Waals surface area contributed by atoms with E-state index in [0.717, 1.165) is 5.39 Å². The van der Waals surface area contributed by atoms with Crippen molar-refractivity contribution in [3.8, 4) is 0 Å². The van der Waals surface area contributed by atoms with Crippen LogP contribution in [0.5, 0.6) is 0 Å². The number of hydrogen-bond acceptors (Lipinski definition) is 6. The van der Waals surface area contributed by atoms with Crippen molar-refractivity contribution in [3.63, 3.8) is 0 Å². The number of fused-ring (bicyclic) bond motifs is 1. The molecule has 3 rings (SSSR count). The van der Waals surface area contributed by atoms with Crippen LogP contribution >= 0.6 is 11.6 Å². The Kier molecular flexibility index (Phi) is 4.90. The summed E-state index contributed by atoms with van der Waals surface area (Å²) in [6.45, 7) is 6.91. The summed E-state index contributed by atoms with van der Waals surface area (Å²) in [6.07, 6.45) is 2.66. The zero-order chi connectivity index (χ0) is 18.7. The molecule has 0 fully saturated rings. The normalized spacial score (nSPS) is 11.4. The molecule has 0 atom stereocenters. The number of halogens is 2. The van der Waals surface area contributed by atoms with E-state index in [1.54, 1.807) is 12.1 Å². The van der Waals surface area contributed by atoms with Crippen molar-refractivity contribution in [2.24, 2.45) is 0 Å². The van der Waals surface area contributed by atoms with Gasteiger partial charge >= 0.3 is 0 Å². The van der Waals surface area contributed by atoms with Crippen molar-refractivity contribution >= 4 is 45.7 Å². The minimum Gasteiger partial charge on any atom is -0.368 e. The van der Waals surface area contributed by atoms with Crippen LogP contribution in [0.1, 0.15) is 5.69 Å². The molecule has 0 amide bonds. The Hall–Kier alpha value is -3.32. The number of benzene rings is 1. The highest BCUT2D eigenvalue weighted by Crippen LogP contribution is 2.31. The Morgan fingerprint density at radius 1 is 1.19 bits per heavy atom. The minimum atomic E-state index is -0.676. The molecular weight excluding hydrogens is 355 g/mol.